The molecule has 0 saturated heterocycles. The first-order chi connectivity index (χ1) is 9.43. The number of halogens is 2. The van der Waals surface area contributed by atoms with E-state index in [4.69, 9.17) is 11.6 Å². The van der Waals surface area contributed by atoms with Crippen molar-refractivity contribution in [3.63, 3.8) is 0 Å². The molecule has 0 amide bonds. The number of nitrogens with one attached hydrogen (secondary N) is 1. The molecule has 0 bridgehead atoms. The molecule has 20 heavy (non-hydrogen) atoms. The highest BCUT2D eigenvalue weighted by atomic mass is 35.5. The molecule has 1 aromatic heterocycles. The summed E-state index contributed by atoms with van der Waals surface area (Å²) in [6, 6.07) is 4.53. The standard InChI is InChI=1S/C15H19ClFN3/c1-9-15(10(2)20(4)19-9)14(18-3)8-11-7-12(17)5-6-13(11)16/h5-7,14,18H,8H2,1-4H3. The lowest BCUT2D eigenvalue weighted by molar-refractivity contribution is 0.578. The minimum atomic E-state index is -0.265. The van der Waals surface area contributed by atoms with Gasteiger partial charge in [-0.1, -0.05) is 11.6 Å². The lowest BCUT2D eigenvalue weighted by Crippen LogP contribution is -2.20. The summed E-state index contributed by atoms with van der Waals surface area (Å²) in [7, 11) is 3.82. The maximum Gasteiger partial charge on any atom is 0.123 e. The Bertz CT molecular complexity index is 622. The van der Waals surface area contributed by atoms with Gasteiger partial charge in [-0.05, 0) is 51.1 Å². The number of hydrogen-bond acceptors (Lipinski definition) is 2. The molecule has 1 heterocycles. The van der Waals surface area contributed by atoms with Crippen LogP contribution in [0, 0.1) is 19.7 Å². The van der Waals surface area contributed by atoms with Crippen LogP contribution < -0.4 is 5.32 Å². The van der Waals surface area contributed by atoms with Crippen LogP contribution in [0.25, 0.3) is 0 Å². The van der Waals surface area contributed by atoms with Gasteiger partial charge in [0.15, 0.2) is 0 Å². The van der Waals surface area contributed by atoms with Crippen molar-refractivity contribution in [2.75, 3.05) is 7.05 Å². The molecular formula is C15H19ClFN3. The van der Waals surface area contributed by atoms with Gasteiger partial charge >= 0.3 is 0 Å². The summed E-state index contributed by atoms with van der Waals surface area (Å²) in [4.78, 5) is 0. The van der Waals surface area contributed by atoms with Crippen molar-refractivity contribution in [1.82, 2.24) is 15.1 Å². The van der Waals surface area contributed by atoms with Crippen molar-refractivity contribution < 1.29 is 4.39 Å². The molecule has 2 rings (SSSR count). The zero-order valence-electron chi connectivity index (χ0n) is 12.2. The number of rotatable bonds is 4. The van der Waals surface area contributed by atoms with Crippen molar-refractivity contribution in [2.45, 2.75) is 26.3 Å². The molecule has 1 unspecified atom stereocenters. The zero-order valence-corrected chi connectivity index (χ0v) is 12.9. The molecule has 2 aromatic rings. The van der Waals surface area contributed by atoms with E-state index in [9.17, 15) is 4.39 Å². The number of hydrogen-bond donors (Lipinski definition) is 1. The zero-order chi connectivity index (χ0) is 14.9. The summed E-state index contributed by atoms with van der Waals surface area (Å²) in [6.45, 7) is 4.02. The fraction of sp³-hybridized carbons (Fsp3) is 0.400. The van der Waals surface area contributed by atoms with E-state index >= 15 is 0 Å². The van der Waals surface area contributed by atoms with Crippen LogP contribution in [-0.4, -0.2) is 16.8 Å². The summed E-state index contributed by atoms with van der Waals surface area (Å²) < 4.78 is 15.2. The minimum absolute atomic E-state index is 0.0583. The summed E-state index contributed by atoms with van der Waals surface area (Å²) >= 11 is 6.15. The topological polar surface area (TPSA) is 29.9 Å². The lowest BCUT2D eigenvalue weighted by Gasteiger charge is -2.18. The van der Waals surface area contributed by atoms with Gasteiger partial charge in [0, 0.05) is 29.4 Å². The quantitative estimate of drug-likeness (QED) is 0.937. The largest absolute Gasteiger partial charge is 0.313 e. The number of aromatic nitrogens is 2. The molecule has 0 spiro atoms. The van der Waals surface area contributed by atoms with Crippen molar-refractivity contribution in [1.29, 1.82) is 0 Å². The van der Waals surface area contributed by atoms with Crippen LogP contribution in [0.4, 0.5) is 4.39 Å². The van der Waals surface area contributed by atoms with E-state index in [1.54, 1.807) is 6.07 Å². The van der Waals surface area contributed by atoms with Crippen LogP contribution in [0.2, 0.25) is 5.02 Å². The third-order valence-electron chi connectivity index (χ3n) is 3.69. The maximum atomic E-state index is 13.4. The Morgan fingerprint density at radius 1 is 1.40 bits per heavy atom. The average molecular weight is 296 g/mol. The van der Waals surface area contributed by atoms with E-state index in [0.717, 1.165) is 22.5 Å². The van der Waals surface area contributed by atoms with E-state index in [0.29, 0.717) is 11.4 Å². The van der Waals surface area contributed by atoms with Crippen LogP contribution in [0.1, 0.15) is 28.6 Å². The number of aryl methyl sites for hydroxylation is 2. The first kappa shape index (κ1) is 15.0. The third kappa shape index (κ3) is 2.86. The van der Waals surface area contributed by atoms with E-state index in [1.807, 2.05) is 32.6 Å². The van der Waals surface area contributed by atoms with Gasteiger partial charge in [0.05, 0.1) is 5.69 Å². The Morgan fingerprint density at radius 2 is 2.10 bits per heavy atom. The number of nitrogens with zero attached hydrogens (tertiary/aromatic N) is 2. The smallest absolute Gasteiger partial charge is 0.123 e. The highest BCUT2D eigenvalue weighted by molar-refractivity contribution is 6.31. The average Bonchev–Trinajstić information content (AvgIpc) is 2.65. The van der Waals surface area contributed by atoms with E-state index in [2.05, 4.69) is 10.4 Å². The van der Waals surface area contributed by atoms with Crippen molar-refractivity contribution >= 4 is 11.6 Å². The summed E-state index contributed by atoms with van der Waals surface area (Å²) in [5.41, 5.74) is 4.04. The Morgan fingerprint density at radius 3 is 2.65 bits per heavy atom. The van der Waals surface area contributed by atoms with Crippen LogP contribution >= 0.6 is 11.6 Å². The molecule has 0 saturated carbocycles. The Balaban J connectivity index is 2.36. The molecule has 0 aliphatic heterocycles. The predicted octanol–water partition coefficient (Wildman–Crippen LogP) is 3.33. The molecule has 3 nitrogen and oxygen atoms in total. The Hall–Kier alpha value is -1.39. The summed E-state index contributed by atoms with van der Waals surface area (Å²) in [5.74, 6) is -0.265. The van der Waals surface area contributed by atoms with Crippen molar-refractivity contribution in [3.8, 4) is 0 Å². The first-order valence-corrected chi connectivity index (χ1v) is 6.93. The van der Waals surface area contributed by atoms with Crippen LogP contribution in [0.15, 0.2) is 18.2 Å². The van der Waals surface area contributed by atoms with Crippen LogP contribution in [0.3, 0.4) is 0 Å². The predicted molar refractivity (Wildman–Crippen MR) is 79.6 cm³/mol. The van der Waals surface area contributed by atoms with Crippen molar-refractivity contribution in [3.05, 3.63) is 51.6 Å². The normalized spacial score (nSPS) is 12.7. The molecular weight excluding hydrogens is 277 g/mol. The SMILES string of the molecule is CNC(Cc1cc(F)ccc1Cl)c1c(C)nn(C)c1C. The van der Waals surface area contributed by atoms with Crippen LogP contribution in [-0.2, 0) is 13.5 Å². The van der Waals surface area contributed by atoms with Gasteiger partial charge in [-0.25, -0.2) is 4.39 Å². The molecule has 0 aliphatic rings. The summed E-state index contributed by atoms with van der Waals surface area (Å²) in [5, 5.41) is 8.29. The highest BCUT2D eigenvalue weighted by Crippen LogP contribution is 2.27. The fourth-order valence-electron chi connectivity index (χ4n) is 2.56. The third-order valence-corrected chi connectivity index (χ3v) is 4.06. The molecule has 0 radical (unpaired) electrons. The summed E-state index contributed by atoms with van der Waals surface area (Å²) in [6.07, 6.45) is 0.625. The lowest BCUT2D eigenvalue weighted by atomic mass is 9.97. The van der Waals surface area contributed by atoms with Crippen LogP contribution in [0.5, 0.6) is 0 Å². The van der Waals surface area contributed by atoms with E-state index in [-0.39, 0.29) is 11.9 Å². The number of benzene rings is 1. The number of likely N-dealkylation sites (N-methyl/N-ethyl adjacent to an activating group) is 1. The van der Waals surface area contributed by atoms with Gasteiger partial charge in [0.25, 0.3) is 0 Å². The first-order valence-electron chi connectivity index (χ1n) is 6.55. The Labute approximate surface area is 123 Å². The second kappa shape index (κ2) is 5.94. The molecule has 5 heteroatoms. The van der Waals surface area contributed by atoms with Gasteiger partial charge in [-0.3, -0.25) is 4.68 Å². The monoisotopic (exact) mass is 295 g/mol. The fourth-order valence-corrected chi connectivity index (χ4v) is 2.76. The molecule has 108 valence electrons. The van der Waals surface area contributed by atoms with Gasteiger partial charge in [0.1, 0.15) is 5.82 Å². The molecule has 1 atom stereocenters. The molecule has 0 aliphatic carbocycles. The van der Waals surface area contributed by atoms with E-state index in [1.165, 1.54) is 12.1 Å². The van der Waals surface area contributed by atoms with Gasteiger partial charge in [-0.2, -0.15) is 5.10 Å². The van der Waals surface area contributed by atoms with Gasteiger partial charge in [-0.15, -0.1) is 0 Å². The minimum Gasteiger partial charge on any atom is -0.313 e. The van der Waals surface area contributed by atoms with E-state index < -0.39 is 0 Å². The second-order valence-electron chi connectivity index (χ2n) is 4.99. The second-order valence-corrected chi connectivity index (χ2v) is 5.40. The van der Waals surface area contributed by atoms with Gasteiger partial charge < -0.3 is 5.32 Å². The Kier molecular flexibility index (Phi) is 4.45. The molecule has 1 aromatic carbocycles. The van der Waals surface area contributed by atoms with Gasteiger partial charge in [0.2, 0.25) is 0 Å². The maximum absolute atomic E-state index is 13.4. The molecule has 1 N–H and O–H groups in total. The molecule has 0 fully saturated rings. The van der Waals surface area contributed by atoms with Crippen molar-refractivity contribution in [2.24, 2.45) is 7.05 Å². The highest BCUT2D eigenvalue weighted by Gasteiger charge is 2.20.